The van der Waals surface area contributed by atoms with Gasteiger partial charge >= 0.3 is 8.80 Å². The molecule has 0 aliphatic rings. The largest absolute Gasteiger partial charge is 0.536 e. The van der Waals surface area contributed by atoms with Crippen LogP contribution in [0, 0.1) is 0 Å². The van der Waals surface area contributed by atoms with Crippen LogP contribution in [0.1, 0.15) is 47.2 Å². The predicted octanol–water partition coefficient (Wildman–Crippen LogP) is 5.06. The number of nitrogens with one attached hydrogen (secondary N) is 1. The second kappa shape index (κ2) is 14.8. The van der Waals surface area contributed by atoms with Crippen molar-refractivity contribution in [1.82, 2.24) is 4.72 Å². The van der Waals surface area contributed by atoms with Gasteiger partial charge in [-0.05, 0) is 60.1 Å². The van der Waals surface area contributed by atoms with Crippen molar-refractivity contribution >= 4 is 24.0 Å². The SMILES string of the molecule is CO[Si](OC)(OC)c1ccc(CCCCc2ccc(S(=O)(=O)N[C@H](c3ccccc3)[C@@H](N)c3ccccc3)cc2)cc1. The Morgan fingerprint density at radius 3 is 1.60 bits per heavy atom. The van der Waals surface area contributed by atoms with Gasteiger partial charge in [0, 0.05) is 26.5 Å². The fraction of sp³-hybridized carbons (Fsp3) is 0.273. The summed E-state index contributed by atoms with van der Waals surface area (Å²) in [6.07, 6.45) is 3.81. The summed E-state index contributed by atoms with van der Waals surface area (Å²) < 4.78 is 46.4. The highest BCUT2D eigenvalue weighted by Crippen LogP contribution is 2.29. The van der Waals surface area contributed by atoms with Crippen LogP contribution in [0.5, 0.6) is 0 Å². The summed E-state index contributed by atoms with van der Waals surface area (Å²) in [5.41, 5.74) is 10.6. The van der Waals surface area contributed by atoms with Gasteiger partial charge in [0.1, 0.15) is 0 Å². The monoisotopic (exact) mass is 604 g/mol. The van der Waals surface area contributed by atoms with Crippen LogP contribution in [0.25, 0.3) is 0 Å². The van der Waals surface area contributed by atoms with Crippen LogP contribution in [-0.4, -0.2) is 38.6 Å². The van der Waals surface area contributed by atoms with E-state index in [4.69, 9.17) is 19.0 Å². The first-order valence-corrected chi connectivity index (χ1v) is 17.2. The maximum absolute atomic E-state index is 13.4. The minimum absolute atomic E-state index is 0.218. The molecule has 0 spiro atoms. The minimum atomic E-state index is -3.81. The van der Waals surface area contributed by atoms with E-state index in [0.29, 0.717) is 0 Å². The van der Waals surface area contributed by atoms with E-state index < -0.39 is 30.9 Å². The van der Waals surface area contributed by atoms with Gasteiger partial charge in [-0.2, -0.15) is 0 Å². The summed E-state index contributed by atoms with van der Waals surface area (Å²) in [5.74, 6) is 0. The standard InChI is InChI=1S/C33H40N2O5SSi/c1-38-42(39-2,40-3)31-24-20-27(21-25-31)13-11-10-12-26-18-22-30(23-19-26)41(36,37)35-33(29-16-8-5-9-17-29)32(34)28-14-6-4-7-15-28/h4-9,14-25,32-33,35H,10-13,34H2,1-3H3/t32-,33+/m0/s1. The molecule has 2 atom stereocenters. The molecule has 0 bridgehead atoms. The third-order valence-corrected chi connectivity index (χ3v) is 11.6. The maximum Gasteiger partial charge on any atom is 0.536 e. The lowest BCUT2D eigenvalue weighted by molar-refractivity contribution is 0.140. The van der Waals surface area contributed by atoms with E-state index >= 15 is 0 Å². The van der Waals surface area contributed by atoms with Crippen molar-refractivity contribution in [3.05, 3.63) is 131 Å². The van der Waals surface area contributed by atoms with Crippen molar-refractivity contribution in [3.63, 3.8) is 0 Å². The first kappa shape index (κ1) is 31.8. The third kappa shape index (κ3) is 7.81. The van der Waals surface area contributed by atoms with Gasteiger partial charge in [0.2, 0.25) is 10.0 Å². The fourth-order valence-corrected chi connectivity index (χ4v) is 8.11. The fourth-order valence-electron chi connectivity index (χ4n) is 5.08. The molecule has 3 N–H and O–H groups in total. The highest BCUT2D eigenvalue weighted by atomic mass is 32.2. The van der Waals surface area contributed by atoms with E-state index in [-0.39, 0.29) is 4.90 Å². The Kier molecular flexibility index (Phi) is 11.2. The molecule has 0 aromatic heterocycles. The average Bonchev–Trinajstić information content (AvgIpc) is 3.04. The van der Waals surface area contributed by atoms with Crippen LogP contribution >= 0.6 is 0 Å². The van der Waals surface area contributed by atoms with E-state index in [1.54, 1.807) is 33.5 Å². The van der Waals surface area contributed by atoms with Crippen molar-refractivity contribution < 1.29 is 21.7 Å². The molecule has 0 heterocycles. The topological polar surface area (TPSA) is 99.9 Å². The average molecular weight is 605 g/mol. The van der Waals surface area contributed by atoms with Crippen molar-refractivity contribution in [3.8, 4) is 0 Å². The number of rotatable bonds is 15. The summed E-state index contributed by atoms with van der Waals surface area (Å²) in [4.78, 5) is 0.218. The van der Waals surface area contributed by atoms with Crippen molar-refractivity contribution in [2.24, 2.45) is 5.73 Å². The Morgan fingerprint density at radius 1 is 0.667 bits per heavy atom. The molecule has 4 aromatic carbocycles. The Labute approximate surface area is 251 Å². The number of benzene rings is 4. The molecule has 4 aromatic rings. The quantitative estimate of drug-likeness (QED) is 0.145. The molecule has 4 rings (SSSR count). The third-order valence-electron chi connectivity index (χ3n) is 7.51. The normalized spacial score (nSPS) is 13.5. The van der Waals surface area contributed by atoms with Crippen LogP contribution < -0.4 is 15.6 Å². The molecule has 0 saturated carbocycles. The van der Waals surface area contributed by atoms with E-state index in [0.717, 1.165) is 47.6 Å². The van der Waals surface area contributed by atoms with Crippen LogP contribution in [0.3, 0.4) is 0 Å². The lowest BCUT2D eigenvalue weighted by Crippen LogP contribution is -2.54. The van der Waals surface area contributed by atoms with E-state index in [2.05, 4.69) is 16.9 Å². The van der Waals surface area contributed by atoms with Gasteiger partial charge in [0.25, 0.3) is 0 Å². The predicted molar refractivity (Wildman–Crippen MR) is 169 cm³/mol. The highest BCUT2D eigenvalue weighted by Gasteiger charge is 2.40. The lowest BCUT2D eigenvalue weighted by Gasteiger charge is -2.26. The summed E-state index contributed by atoms with van der Waals surface area (Å²) in [5, 5.41) is 0.931. The molecule has 0 aliphatic heterocycles. The molecule has 222 valence electrons. The zero-order valence-corrected chi connectivity index (χ0v) is 26.2. The molecular weight excluding hydrogens is 565 g/mol. The first-order valence-electron chi connectivity index (χ1n) is 14.0. The lowest BCUT2D eigenvalue weighted by atomic mass is 9.95. The first-order chi connectivity index (χ1) is 20.3. The van der Waals surface area contributed by atoms with Gasteiger partial charge in [0.15, 0.2) is 0 Å². The number of aryl methyl sites for hydroxylation is 2. The number of nitrogens with two attached hydrogens (primary N) is 1. The molecule has 7 nitrogen and oxygen atoms in total. The van der Waals surface area contributed by atoms with Crippen LogP contribution in [-0.2, 0) is 36.1 Å². The second-order valence-corrected chi connectivity index (χ2v) is 14.8. The zero-order valence-electron chi connectivity index (χ0n) is 24.4. The minimum Gasteiger partial charge on any atom is -0.373 e. The highest BCUT2D eigenvalue weighted by molar-refractivity contribution is 7.89. The smallest absolute Gasteiger partial charge is 0.373 e. The number of hydrogen-bond acceptors (Lipinski definition) is 6. The molecule has 9 heteroatoms. The molecule has 0 fully saturated rings. The van der Waals surface area contributed by atoms with Crippen LogP contribution in [0.4, 0.5) is 0 Å². The van der Waals surface area contributed by atoms with Crippen molar-refractivity contribution in [2.75, 3.05) is 21.3 Å². The van der Waals surface area contributed by atoms with Crippen molar-refractivity contribution in [2.45, 2.75) is 42.7 Å². The summed E-state index contributed by atoms with van der Waals surface area (Å²) in [6.45, 7) is 0. The Hall–Kier alpha value is -3.15. The number of hydrogen-bond donors (Lipinski definition) is 2. The van der Waals surface area contributed by atoms with Gasteiger partial charge < -0.3 is 19.0 Å². The van der Waals surface area contributed by atoms with Crippen molar-refractivity contribution in [1.29, 1.82) is 0 Å². The summed E-state index contributed by atoms with van der Waals surface area (Å²) >= 11 is 0. The van der Waals surface area contributed by atoms with E-state index in [1.165, 1.54) is 5.56 Å². The maximum atomic E-state index is 13.4. The summed E-state index contributed by atoms with van der Waals surface area (Å²) in [6, 6.07) is 33.1. The van der Waals surface area contributed by atoms with Crippen LogP contribution in [0.15, 0.2) is 114 Å². The van der Waals surface area contributed by atoms with Gasteiger partial charge in [0.05, 0.1) is 17.0 Å². The van der Waals surface area contributed by atoms with Crippen LogP contribution in [0.2, 0.25) is 0 Å². The zero-order chi connectivity index (χ0) is 30.0. The van der Waals surface area contributed by atoms with Gasteiger partial charge in [-0.25, -0.2) is 13.1 Å². The van der Waals surface area contributed by atoms with Gasteiger partial charge in [-0.15, -0.1) is 0 Å². The van der Waals surface area contributed by atoms with Gasteiger partial charge in [-0.1, -0.05) is 97.1 Å². The second-order valence-electron chi connectivity index (χ2n) is 10.2. The molecule has 0 radical (unpaired) electrons. The van der Waals surface area contributed by atoms with Gasteiger partial charge in [-0.3, -0.25) is 0 Å². The molecule has 0 unspecified atom stereocenters. The molecule has 0 amide bonds. The Bertz CT molecular complexity index is 1470. The Balaban J connectivity index is 1.35. The number of sulfonamides is 1. The molecular formula is C33H40N2O5SSi. The summed E-state index contributed by atoms with van der Waals surface area (Å²) in [7, 11) is -1.81. The molecule has 0 saturated heterocycles. The van der Waals surface area contributed by atoms with E-state index in [1.807, 2.05) is 84.9 Å². The number of unbranched alkanes of at least 4 members (excludes halogenated alkanes) is 1. The molecule has 42 heavy (non-hydrogen) atoms. The Morgan fingerprint density at radius 2 is 1.12 bits per heavy atom. The molecule has 0 aliphatic carbocycles. The van der Waals surface area contributed by atoms with E-state index in [9.17, 15) is 8.42 Å².